The Hall–Kier alpha value is -2.09. The van der Waals surface area contributed by atoms with Gasteiger partial charge in [-0.05, 0) is 31.4 Å². The van der Waals surface area contributed by atoms with Gasteiger partial charge in [0.05, 0.1) is 13.1 Å². The average molecular weight is 466 g/mol. The number of aromatic nitrogens is 3. The fourth-order valence-electron chi connectivity index (χ4n) is 3.57. The standard InChI is InChI=1S/C16H22ClF2N7O3S/c1-10-6-12(17)26-15(10)16(22-9-23-26)24-4-2-11(3-5-24)25(30(20,28)29)8-14(27)21-7-13(18)19/h6,9,11,13H,2-5,7-8H2,1H3,(H,21,27)(H2,20,28,29). The van der Waals surface area contributed by atoms with Gasteiger partial charge in [-0.3, -0.25) is 4.79 Å². The molecule has 0 saturated carbocycles. The molecular weight excluding hydrogens is 444 g/mol. The molecule has 3 N–H and O–H groups in total. The first-order valence-corrected chi connectivity index (χ1v) is 11.0. The molecule has 10 nitrogen and oxygen atoms in total. The quantitative estimate of drug-likeness (QED) is 0.615. The number of fused-ring (bicyclic) bond motifs is 1. The highest BCUT2D eigenvalue weighted by Gasteiger charge is 2.33. The maximum Gasteiger partial charge on any atom is 0.277 e. The van der Waals surface area contributed by atoms with Crippen molar-refractivity contribution in [3.63, 3.8) is 0 Å². The summed E-state index contributed by atoms with van der Waals surface area (Å²) >= 11 is 6.18. The van der Waals surface area contributed by atoms with Crippen molar-refractivity contribution in [2.75, 3.05) is 31.1 Å². The van der Waals surface area contributed by atoms with Crippen LogP contribution in [0.3, 0.4) is 0 Å². The first kappa shape index (κ1) is 22.6. The zero-order valence-corrected chi connectivity index (χ0v) is 17.7. The number of nitrogens with one attached hydrogen (secondary N) is 1. The molecule has 0 bridgehead atoms. The highest BCUT2D eigenvalue weighted by molar-refractivity contribution is 7.86. The largest absolute Gasteiger partial charge is 0.355 e. The molecule has 0 atom stereocenters. The van der Waals surface area contributed by atoms with E-state index in [9.17, 15) is 22.0 Å². The van der Waals surface area contributed by atoms with Crippen LogP contribution in [0.1, 0.15) is 18.4 Å². The van der Waals surface area contributed by atoms with Crippen LogP contribution in [0, 0.1) is 6.92 Å². The summed E-state index contributed by atoms with van der Waals surface area (Å²) < 4.78 is 51.0. The zero-order chi connectivity index (χ0) is 22.1. The normalized spacial score (nSPS) is 16.0. The van der Waals surface area contributed by atoms with E-state index in [0.717, 1.165) is 15.4 Å². The molecule has 1 amide bonds. The van der Waals surface area contributed by atoms with Crippen LogP contribution in [0.25, 0.3) is 5.52 Å². The Bertz CT molecular complexity index is 1030. The minimum Gasteiger partial charge on any atom is -0.355 e. The lowest BCUT2D eigenvalue weighted by atomic mass is 10.0. The minimum atomic E-state index is -4.20. The van der Waals surface area contributed by atoms with Gasteiger partial charge in [0.25, 0.3) is 16.6 Å². The van der Waals surface area contributed by atoms with Gasteiger partial charge in [-0.2, -0.15) is 17.8 Å². The zero-order valence-electron chi connectivity index (χ0n) is 16.1. The van der Waals surface area contributed by atoms with E-state index in [-0.39, 0.29) is 0 Å². The Balaban J connectivity index is 1.72. The van der Waals surface area contributed by atoms with Gasteiger partial charge in [-0.15, -0.1) is 0 Å². The third-order valence-corrected chi connectivity index (χ3v) is 6.28. The molecule has 0 radical (unpaired) electrons. The summed E-state index contributed by atoms with van der Waals surface area (Å²) in [7, 11) is -4.20. The number of alkyl halides is 2. The van der Waals surface area contributed by atoms with E-state index in [4.69, 9.17) is 16.7 Å². The molecular formula is C16H22ClF2N7O3S. The van der Waals surface area contributed by atoms with Gasteiger partial charge >= 0.3 is 0 Å². The fourth-order valence-corrected chi connectivity index (χ4v) is 4.79. The molecule has 1 fully saturated rings. The van der Waals surface area contributed by atoms with Crippen LogP contribution in [0.2, 0.25) is 5.15 Å². The number of rotatable bonds is 7. The topological polar surface area (TPSA) is 126 Å². The van der Waals surface area contributed by atoms with Crippen molar-refractivity contribution >= 4 is 39.1 Å². The van der Waals surface area contributed by atoms with Crippen LogP contribution in [0.15, 0.2) is 12.4 Å². The fraction of sp³-hybridized carbons (Fsp3) is 0.562. The molecule has 0 unspecified atom stereocenters. The van der Waals surface area contributed by atoms with Crippen molar-refractivity contribution in [3.8, 4) is 0 Å². The highest BCUT2D eigenvalue weighted by Crippen LogP contribution is 2.29. The lowest BCUT2D eigenvalue weighted by Gasteiger charge is -2.37. The first-order chi connectivity index (χ1) is 14.1. The second kappa shape index (κ2) is 8.96. The summed E-state index contributed by atoms with van der Waals surface area (Å²) in [6, 6.07) is 1.24. The Labute approximate surface area is 177 Å². The van der Waals surface area contributed by atoms with E-state index >= 15 is 0 Å². The van der Waals surface area contributed by atoms with Crippen molar-refractivity contribution < 1.29 is 22.0 Å². The number of piperidine rings is 1. The van der Waals surface area contributed by atoms with Gasteiger partial charge in [-0.1, -0.05) is 11.6 Å². The Morgan fingerprint density at radius 3 is 2.70 bits per heavy atom. The predicted octanol–water partition coefficient (Wildman–Crippen LogP) is 0.547. The number of hydrogen-bond acceptors (Lipinski definition) is 6. The van der Waals surface area contributed by atoms with E-state index in [1.54, 1.807) is 10.6 Å². The SMILES string of the molecule is Cc1cc(Cl)n2ncnc(N3CCC(N(CC(=O)NCC(F)F)S(N)(=O)=O)CC3)c12. The van der Waals surface area contributed by atoms with Gasteiger partial charge in [0, 0.05) is 19.1 Å². The van der Waals surface area contributed by atoms with E-state index in [1.165, 1.54) is 6.33 Å². The Morgan fingerprint density at radius 1 is 1.43 bits per heavy atom. The third kappa shape index (κ3) is 4.96. The summed E-state index contributed by atoms with van der Waals surface area (Å²) in [4.78, 5) is 18.2. The molecule has 0 aliphatic carbocycles. The van der Waals surface area contributed by atoms with Gasteiger partial charge in [0.15, 0.2) is 5.82 Å². The van der Waals surface area contributed by atoms with E-state index in [0.29, 0.717) is 36.9 Å². The van der Waals surface area contributed by atoms with Crippen LogP contribution in [0.4, 0.5) is 14.6 Å². The van der Waals surface area contributed by atoms with E-state index in [2.05, 4.69) is 10.1 Å². The minimum absolute atomic E-state index is 0.377. The lowest BCUT2D eigenvalue weighted by molar-refractivity contribution is -0.122. The molecule has 2 aromatic heterocycles. The molecule has 14 heteroatoms. The molecule has 166 valence electrons. The lowest BCUT2D eigenvalue weighted by Crippen LogP contribution is -2.53. The summed E-state index contributed by atoms with van der Waals surface area (Å²) in [6.45, 7) is 1.33. The van der Waals surface area contributed by atoms with Crippen LogP contribution in [-0.4, -0.2) is 71.9 Å². The number of halogens is 3. The number of anilines is 1. The molecule has 0 spiro atoms. The number of nitrogens with two attached hydrogens (primary N) is 1. The second-order valence-corrected chi connectivity index (χ2v) is 8.88. The molecule has 1 saturated heterocycles. The van der Waals surface area contributed by atoms with E-state index < -0.39 is 41.7 Å². The van der Waals surface area contributed by atoms with Crippen molar-refractivity contribution in [3.05, 3.63) is 23.1 Å². The maximum atomic E-state index is 12.3. The van der Waals surface area contributed by atoms with Crippen LogP contribution in [-0.2, 0) is 15.0 Å². The van der Waals surface area contributed by atoms with Gasteiger partial charge in [0.1, 0.15) is 17.0 Å². The number of carbonyl (C=O) groups is 1. The highest BCUT2D eigenvalue weighted by atomic mass is 35.5. The molecule has 3 heterocycles. The maximum absolute atomic E-state index is 12.3. The van der Waals surface area contributed by atoms with Gasteiger partial charge < -0.3 is 10.2 Å². The summed E-state index contributed by atoms with van der Waals surface area (Å²) in [6.07, 6.45) is -0.579. The monoisotopic (exact) mass is 465 g/mol. The predicted molar refractivity (Wildman–Crippen MR) is 107 cm³/mol. The summed E-state index contributed by atoms with van der Waals surface area (Å²) in [5, 5.41) is 11.9. The van der Waals surface area contributed by atoms with Crippen molar-refractivity contribution in [2.45, 2.75) is 32.2 Å². The van der Waals surface area contributed by atoms with E-state index in [1.807, 2.05) is 17.1 Å². The first-order valence-electron chi connectivity index (χ1n) is 9.16. The van der Waals surface area contributed by atoms with Gasteiger partial charge in [-0.25, -0.2) is 23.4 Å². The Morgan fingerprint density at radius 2 is 2.10 bits per heavy atom. The number of hydrogen-bond donors (Lipinski definition) is 2. The summed E-state index contributed by atoms with van der Waals surface area (Å²) in [5.41, 5.74) is 1.66. The molecule has 30 heavy (non-hydrogen) atoms. The van der Waals surface area contributed by atoms with Crippen molar-refractivity contribution in [1.82, 2.24) is 24.2 Å². The Kier molecular flexibility index (Phi) is 6.75. The number of carbonyl (C=O) groups excluding carboxylic acids is 1. The third-order valence-electron chi connectivity index (χ3n) is 4.93. The number of amides is 1. The average Bonchev–Trinajstić information content (AvgIpc) is 2.98. The molecule has 0 aromatic carbocycles. The summed E-state index contributed by atoms with van der Waals surface area (Å²) in [5.74, 6) is -0.160. The molecule has 1 aliphatic rings. The smallest absolute Gasteiger partial charge is 0.277 e. The van der Waals surface area contributed by atoms with Crippen LogP contribution in [0.5, 0.6) is 0 Å². The molecule has 2 aromatic rings. The second-order valence-electron chi connectivity index (χ2n) is 7.00. The van der Waals surface area contributed by atoms with Crippen molar-refractivity contribution in [1.29, 1.82) is 0 Å². The van der Waals surface area contributed by atoms with Crippen LogP contribution >= 0.6 is 11.6 Å². The number of nitrogens with zero attached hydrogens (tertiary/aromatic N) is 5. The molecule has 3 rings (SSSR count). The molecule has 1 aliphatic heterocycles. The number of aryl methyl sites for hydroxylation is 1. The van der Waals surface area contributed by atoms with Crippen molar-refractivity contribution in [2.24, 2.45) is 5.14 Å². The van der Waals surface area contributed by atoms with Crippen LogP contribution < -0.4 is 15.4 Å². The van der Waals surface area contributed by atoms with Gasteiger partial charge in [0.2, 0.25) is 5.91 Å².